The van der Waals surface area contributed by atoms with Gasteiger partial charge in [-0.2, -0.15) is 13.2 Å². The van der Waals surface area contributed by atoms with Gasteiger partial charge in [-0.15, -0.1) is 0 Å². The lowest BCUT2D eigenvalue weighted by molar-refractivity contribution is -0.250. The molecule has 0 radical (unpaired) electrons. The molecule has 2 fully saturated rings. The van der Waals surface area contributed by atoms with Crippen LogP contribution in [-0.4, -0.2) is 46.7 Å². The molecule has 1 aliphatic carbocycles. The molecule has 0 aromatic rings. The van der Waals surface area contributed by atoms with Crippen LogP contribution in [0.1, 0.15) is 32.6 Å². The van der Waals surface area contributed by atoms with Gasteiger partial charge in [-0.1, -0.05) is 0 Å². The highest BCUT2D eigenvalue weighted by Crippen LogP contribution is 2.55. The van der Waals surface area contributed by atoms with Crippen LogP contribution in [-0.2, 0) is 9.59 Å². The number of nitrogens with zero attached hydrogens (tertiary/aromatic N) is 1. The summed E-state index contributed by atoms with van der Waals surface area (Å²) in [6.07, 6.45) is -2.76. The van der Waals surface area contributed by atoms with Crippen molar-refractivity contribution in [2.75, 3.05) is 13.1 Å². The number of piperidine rings is 1. The second-order valence-corrected chi connectivity index (χ2v) is 6.27. The van der Waals surface area contributed by atoms with Crippen LogP contribution < -0.4 is 11.3 Å². The number of alkyl halides is 3. The molecular formula is C13H20F3N3O3. The number of hydrogen-bond acceptors (Lipinski definition) is 4. The van der Waals surface area contributed by atoms with Crippen LogP contribution in [0.2, 0.25) is 0 Å². The van der Waals surface area contributed by atoms with Gasteiger partial charge in [0.05, 0.1) is 5.41 Å². The molecule has 0 aromatic carbocycles. The minimum atomic E-state index is -5.02. The van der Waals surface area contributed by atoms with Crippen molar-refractivity contribution in [2.45, 2.75) is 44.4 Å². The third kappa shape index (κ3) is 2.67. The van der Waals surface area contributed by atoms with E-state index in [0.717, 1.165) is 4.90 Å². The summed E-state index contributed by atoms with van der Waals surface area (Å²) in [6, 6.07) is 0. The Morgan fingerprint density at radius 2 is 1.77 bits per heavy atom. The molecule has 1 unspecified atom stereocenters. The highest BCUT2D eigenvalue weighted by atomic mass is 19.4. The van der Waals surface area contributed by atoms with Gasteiger partial charge in [0.1, 0.15) is 0 Å². The standard InChI is InChI=1S/C13H20F3N3O3/c1-11(22,13(14,15)16)10(21)19-6-2-8(3-7-19)12(4-5-12)9(20)18-17/h8,22H,2-7,17H2,1H3,(H,18,20). The summed E-state index contributed by atoms with van der Waals surface area (Å²) in [5.74, 6) is 3.57. The predicted octanol–water partition coefficient (Wildman–Crippen LogP) is 0.308. The van der Waals surface area contributed by atoms with E-state index in [1.807, 2.05) is 0 Å². The molecule has 1 saturated heterocycles. The Kier molecular flexibility index (Phi) is 4.16. The molecule has 4 N–H and O–H groups in total. The fourth-order valence-electron chi connectivity index (χ4n) is 3.16. The topological polar surface area (TPSA) is 95.7 Å². The first-order valence-electron chi connectivity index (χ1n) is 7.16. The van der Waals surface area contributed by atoms with Gasteiger partial charge in [-0.25, -0.2) is 5.84 Å². The van der Waals surface area contributed by atoms with Crippen LogP contribution in [0.15, 0.2) is 0 Å². The number of rotatable bonds is 3. The zero-order valence-corrected chi connectivity index (χ0v) is 12.2. The molecule has 126 valence electrons. The molecule has 1 aliphatic heterocycles. The summed E-state index contributed by atoms with van der Waals surface area (Å²) >= 11 is 0. The van der Waals surface area contributed by atoms with Crippen molar-refractivity contribution in [3.8, 4) is 0 Å². The number of nitrogens with two attached hydrogens (primary N) is 1. The second kappa shape index (κ2) is 5.38. The van der Waals surface area contributed by atoms with E-state index >= 15 is 0 Å². The largest absolute Gasteiger partial charge is 0.426 e. The highest BCUT2D eigenvalue weighted by molar-refractivity contribution is 5.86. The first-order valence-corrected chi connectivity index (χ1v) is 7.16. The van der Waals surface area contributed by atoms with Gasteiger partial charge in [0.2, 0.25) is 11.5 Å². The predicted molar refractivity (Wildman–Crippen MR) is 70.0 cm³/mol. The maximum absolute atomic E-state index is 12.7. The number of halogens is 3. The number of nitrogens with one attached hydrogen (secondary N) is 1. The Morgan fingerprint density at radius 1 is 1.27 bits per heavy atom. The zero-order chi connectivity index (χ0) is 16.8. The number of carbonyl (C=O) groups excluding carboxylic acids is 2. The molecule has 2 rings (SSSR count). The van der Waals surface area contributed by atoms with Crippen molar-refractivity contribution < 1.29 is 27.9 Å². The van der Waals surface area contributed by atoms with Crippen LogP contribution in [0.25, 0.3) is 0 Å². The summed E-state index contributed by atoms with van der Waals surface area (Å²) < 4.78 is 38.1. The number of aliphatic hydroxyl groups is 1. The molecule has 2 amide bonds. The van der Waals surface area contributed by atoms with Crippen molar-refractivity contribution in [2.24, 2.45) is 17.2 Å². The number of likely N-dealkylation sites (tertiary alicyclic amines) is 1. The van der Waals surface area contributed by atoms with E-state index in [4.69, 9.17) is 5.84 Å². The first-order chi connectivity index (χ1) is 10.1. The smallest absolute Gasteiger partial charge is 0.373 e. The summed E-state index contributed by atoms with van der Waals surface area (Å²) in [4.78, 5) is 24.7. The molecule has 2 aliphatic rings. The van der Waals surface area contributed by atoms with E-state index in [-0.39, 0.29) is 24.9 Å². The van der Waals surface area contributed by atoms with Gasteiger partial charge < -0.3 is 10.0 Å². The quantitative estimate of drug-likeness (QED) is 0.396. The number of carbonyl (C=O) groups is 2. The van der Waals surface area contributed by atoms with E-state index in [2.05, 4.69) is 5.43 Å². The van der Waals surface area contributed by atoms with Gasteiger partial charge in [0.15, 0.2) is 0 Å². The van der Waals surface area contributed by atoms with Crippen LogP contribution in [0.4, 0.5) is 13.2 Å². The van der Waals surface area contributed by atoms with E-state index in [1.165, 1.54) is 0 Å². The minimum Gasteiger partial charge on any atom is -0.373 e. The van der Waals surface area contributed by atoms with E-state index in [1.54, 1.807) is 0 Å². The average molecular weight is 323 g/mol. The Balaban J connectivity index is 1.98. The molecule has 22 heavy (non-hydrogen) atoms. The van der Waals surface area contributed by atoms with Gasteiger partial charge in [-0.05, 0) is 38.5 Å². The number of amides is 2. The van der Waals surface area contributed by atoms with E-state index < -0.39 is 23.1 Å². The van der Waals surface area contributed by atoms with Crippen molar-refractivity contribution in [3.63, 3.8) is 0 Å². The second-order valence-electron chi connectivity index (χ2n) is 6.27. The van der Waals surface area contributed by atoms with Crippen LogP contribution >= 0.6 is 0 Å². The molecule has 0 spiro atoms. The summed E-state index contributed by atoms with van der Waals surface area (Å²) in [6.45, 7) is 0.649. The van der Waals surface area contributed by atoms with Crippen molar-refractivity contribution in [1.29, 1.82) is 0 Å². The lowest BCUT2D eigenvalue weighted by Gasteiger charge is -2.38. The number of hydrazine groups is 1. The molecule has 6 nitrogen and oxygen atoms in total. The SMILES string of the molecule is CC(O)(C(=O)N1CCC(C2(C(=O)NN)CC2)CC1)C(F)(F)F. The highest BCUT2D eigenvalue weighted by Gasteiger charge is 2.59. The van der Waals surface area contributed by atoms with E-state index in [9.17, 15) is 27.9 Å². The number of hydrogen-bond donors (Lipinski definition) is 3. The van der Waals surface area contributed by atoms with Crippen LogP contribution in [0.5, 0.6) is 0 Å². The molecule has 1 atom stereocenters. The van der Waals surface area contributed by atoms with Crippen molar-refractivity contribution >= 4 is 11.8 Å². The molecular weight excluding hydrogens is 303 g/mol. The lowest BCUT2D eigenvalue weighted by atomic mass is 9.80. The Bertz CT molecular complexity index is 467. The fraction of sp³-hybridized carbons (Fsp3) is 0.846. The van der Waals surface area contributed by atoms with E-state index in [0.29, 0.717) is 32.6 Å². The third-order valence-corrected chi connectivity index (χ3v) is 4.90. The normalized spacial score (nSPS) is 24.5. The van der Waals surface area contributed by atoms with Crippen LogP contribution in [0, 0.1) is 11.3 Å². The molecule has 0 bridgehead atoms. The Hall–Kier alpha value is -1.35. The Morgan fingerprint density at radius 3 is 2.14 bits per heavy atom. The van der Waals surface area contributed by atoms with Gasteiger partial charge in [-0.3, -0.25) is 15.0 Å². The molecule has 9 heteroatoms. The van der Waals surface area contributed by atoms with Gasteiger partial charge in [0.25, 0.3) is 5.91 Å². The minimum absolute atomic E-state index is 0.00376. The van der Waals surface area contributed by atoms with Crippen molar-refractivity contribution in [1.82, 2.24) is 10.3 Å². The van der Waals surface area contributed by atoms with Gasteiger partial charge >= 0.3 is 6.18 Å². The maximum Gasteiger partial charge on any atom is 0.426 e. The summed E-state index contributed by atoms with van der Waals surface area (Å²) in [5, 5.41) is 9.44. The van der Waals surface area contributed by atoms with Gasteiger partial charge in [0, 0.05) is 13.1 Å². The maximum atomic E-state index is 12.7. The fourth-order valence-corrected chi connectivity index (χ4v) is 3.16. The first kappa shape index (κ1) is 17.0. The zero-order valence-electron chi connectivity index (χ0n) is 12.2. The summed E-state index contributed by atoms with van der Waals surface area (Å²) in [5.41, 5.74) is -1.78. The molecule has 0 aromatic heterocycles. The third-order valence-electron chi connectivity index (χ3n) is 4.90. The molecule has 1 saturated carbocycles. The monoisotopic (exact) mass is 323 g/mol. The van der Waals surface area contributed by atoms with Crippen LogP contribution in [0.3, 0.4) is 0 Å². The Labute approximate surface area is 125 Å². The molecule has 1 heterocycles. The lowest BCUT2D eigenvalue weighted by Crippen LogP contribution is -2.58. The van der Waals surface area contributed by atoms with Crippen molar-refractivity contribution in [3.05, 3.63) is 0 Å². The average Bonchev–Trinajstić information content (AvgIpc) is 3.26. The summed E-state index contributed by atoms with van der Waals surface area (Å²) in [7, 11) is 0.